The Kier molecular flexibility index (Phi) is 6.06. The molecular formula is C21H26F3N5O2S. The van der Waals surface area contributed by atoms with Crippen molar-refractivity contribution in [3.63, 3.8) is 0 Å². The van der Waals surface area contributed by atoms with Crippen molar-refractivity contribution in [3.05, 3.63) is 22.6 Å². The molecule has 174 valence electrons. The van der Waals surface area contributed by atoms with Crippen molar-refractivity contribution in [1.29, 1.82) is 0 Å². The molecule has 7 nitrogen and oxygen atoms in total. The minimum atomic E-state index is -4.56. The number of thiophene rings is 1. The average molecular weight is 470 g/mol. The Labute approximate surface area is 188 Å². The van der Waals surface area contributed by atoms with E-state index >= 15 is 0 Å². The minimum Gasteiger partial charge on any atom is -0.355 e. The molecule has 4 rings (SSSR count). The van der Waals surface area contributed by atoms with E-state index in [2.05, 4.69) is 15.2 Å². The minimum absolute atomic E-state index is 0.0381. The molecule has 4 heterocycles. The van der Waals surface area contributed by atoms with Crippen molar-refractivity contribution >= 4 is 39.2 Å². The van der Waals surface area contributed by atoms with Crippen molar-refractivity contribution in [3.8, 4) is 0 Å². The summed E-state index contributed by atoms with van der Waals surface area (Å²) >= 11 is 0.874. The fraction of sp³-hybridized carbons (Fsp3) is 0.571. The van der Waals surface area contributed by atoms with Gasteiger partial charge in [0.2, 0.25) is 5.91 Å². The van der Waals surface area contributed by atoms with Gasteiger partial charge in [0.05, 0.1) is 27.4 Å². The molecule has 2 saturated heterocycles. The highest BCUT2D eigenvalue weighted by molar-refractivity contribution is 7.17. The maximum Gasteiger partial charge on any atom is 0.417 e. The highest BCUT2D eigenvalue weighted by atomic mass is 32.1. The van der Waals surface area contributed by atoms with E-state index in [4.69, 9.17) is 0 Å². The molecule has 0 bridgehead atoms. The van der Waals surface area contributed by atoms with E-state index in [0.717, 1.165) is 30.4 Å². The number of alkyl halides is 3. The SMILES string of the molecule is CNC(=O)c1csc2c(C(F)(F)F)cc(N3CCN(C4CCN(C(C)C)C4=O)CC3)nc12. The molecule has 1 N–H and O–H groups in total. The van der Waals surface area contributed by atoms with Gasteiger partial charge in [0, 0.05) is 51.2 Å². The molecule has 0 radical (unpaired) electrons. The summed E-state index contributed by atoms with van der Waals surface area (Å²) in [5, 5.41) is 3.88. The van der Waals surface area contributed by atoms with E-state index in [9.17, 15) is 22.8 Å². The number of piperazine rings is 1. The summed E-state index contributed by atoms with van der Waals surface area (Å²) in [5.41, 5.74) is -0.567. The number of anilines is 1. The largest absolute Gasteiger partial charge is 0.417 e. The lowest BCUT2D eigenvalue weighted by Crippen LogP contribution is -2.53. The lowest BCUT2D eigenvalue weighted by atomic mass is 10.1. The van der Waals surface area contributed by atoms with Crippen molar-refractivity contribution in [2.24, 2.45) is 0 Å². The van der Waals surface area contributed by atoms with Crippen LogP contribution in [-0.2, 0) is 11.0 Å². The molecule has 32 heavy (non-hydrogen) atoms. The first kappa shape index (κ1) is 22.8. The van der Waals surface area contributed by atoms with Crippen LogP contribution in [0, 0.1) is 0 Å². The molecule has 2 fully saturated rings. The van der Waals surface area contributed by atoms with Crippen LogP contribution in [0.5, 0.6) is 0 Å². The molecule has 11 heteroatoms. The molecule has 2 aliphatic rings. The Hall–Kier alpha value is -2.40. The number of hydrogen-bond acceptors (Lipinski definition) is 6. The molecule has 1 atom stereocenters. The van der Waals surface area contributed by atoms with Gasteiger partial charge in [-0.2, -0.15) is 13.2 Å². The number of nitrogens with zero attached hydrogens (tertiary/aromatic N) is 4. The van der Waals surface area contributed by atoms with E-state index in [1.165, 1.54) is 12.4 Å². The van der Waals surface area contributed by atoms with Crippen LogP contribution in [0.2, 0.25) is 0 Å². The molecule has 0 saturated carbocycles. The van der Waals surface area contributed by atoms with Crippen molar-refractivity contribution in [2.45, 2.75) is 38.5 Å². The lowest BCUT2D eigenvalue weighted by molar-refractivity contribution is -0.136. The van der Waals surface area contributed by atoms with Gasteiger partial charge in [0.1, 0.15) is 5.82 Å². The summed E-state index contributed by atoms with van der Waals surface area (Å²) in [6, 6.07) is 1.06. The van der Waals surface area contributed by atoms with Gasteiger partial charge < -0.3 is 15.1 Å². The number of amides is 2. The number of likely N-dealkylation sites (tertiary alicyclic amines) is 1. The summed E-state index contributed by atoms with van der Waals surface area (Å²) in [6.45, 7) is 6.77. The number of hydrogen-bond donors (Lipinski definition) is 1. The third-order valence-corrected chi connectivity index (χ3v) is 7.20. The summed E-state index contributed by atoms with van der Waals surface area (Å²) in [7, 11) is 1.43. The summed E-state index contributed by atoms with van der Waals surface area (Å²) < 4.78 is 41.3. The highest BCUT2D eigenvalue weighted by Gasteiger charge is 2.39. The third-order valence-electron chi connectivity index (χ3n) is 6.20. The molecule has 0 aromatic carbocycles. The Morgan fingerprint density at radius 2 is 1.91 bits per heavy atom. The fourth-order valence-electron chi connectivity index (χ4n) is 4.46. The van der Waals surface area contributed by atoms with Crippen LogP contribution in [0.1, 0.15) is 36.2 Å². The Balaban J connectivity index is 1.58. The van der Waals surface area contributed by atoms with Gasteiger partial charge in [-0.3, -0.25) is 14.5 Å². The third kappa shape index (κ3) is 4.03. The molecule has 0 aliphatic carbocycles. The Morgan fingerprint density at radius 3 is 2.47 bits per heavy atom. The first-order chi connectivity index (χ1) is 15.1. The molecule has 1 unspecified atom stereocenters. The maximum atomic E-state index is 13.8. The highest BCUT2D eigenvalue weighted by Crippen LogP contribution is 2.40. The van der Waals surface area contributed by atoms with Crippen LogP contribution in [-0.4, -0.2) is 78.5 Å². The molecular weight excluding hydrogens is 443 g/mol. The average Bonchev–Trinajstić information content (AvgIpc) is 3.35. The number of halogens is 3. The fourth-order valence-corrected chi connectivity index (χ4v) is 5.49. The van der Waals surface area contributed by atoms with Crippen LogP contribution in [0.15, 0.2) is 11.4 Å². The lowest BCUT2D eigenvalue weighted by Gasteiger charge is -2.38. The molecule has 2 amide bonds. The molecule has 0 spiro atoms. The quantitative estimate of drug-likeness (QED) is 0.746. The standard InChI is InChI=1S/C21H26F3N5O2S/c1-12(2)29-5-4-15(20(29)31)27-6-8-28(9-7-27)16-10-14(21(22,23)24)18-17(26-16)13(11-32-18)19(30)25-3/h10-12,15H,4-9H2,1-3H3,(H,25,30). The number of carbonyl (C=O) groups is 2. The van der Waals surface area contributed by atoms with E-state index in [-0.39, 0.29) is 39.6 Å². The van der Waals surface area contributed by atoms with Crippen LogP contribution in [0.4, 0.5) is 19.0 Å². The second-order valence-corrected chi connectivity index (χ2v) is 9.26. The summed E-state index contributed by atoms with van der Waals surface area (Å²) in [4.78, 5) is 35.1. The van der Waals surface area contributed by atoms with Crippen LogP contribution >= 0.6 is 11.3 Å². The number of fused-ring (bicyclic) bond motifs is 1. The zero-order valence-electron chi connectivity index (χ0n) is 18.2. The maximum absolute atomic E-state index is 13.8. The van der Waals surface area contributed by atoms with E-state index in [1.54, 1.807) is 4.90 Å². The molecule has 2 aromatic heterocycles. The van der Waals surface area contributed by atoms with Crippen LogP contribution in [0.3, 0.4) is 0 Å². The predicted octanol–water partition coefficient (Wildman–Crippen LogP) is 2.81. The summed E-state index contributed by atoms with van der Waals surface area (Å²) in [5.74, 6) is -0.135. The van der Waals surface area contributed by atoms with E-state index in [0.29, 0.717) is 26.2 Å². The van der Waals surface area contributed by atoms with Crippen molar-refractivity contribution in [2.75, 3.05) is 44.7 Å². The van der Waals surface area contributed by atoms with Gasteiger partial charge in [-0.1, -0.05) is 0 Å². The smallest absolute Gasteiger partial charge is 0.355 e. The predicted molar refractivity (Wildman–Crippen MR) is 117 cm³/mol. The first-order valence-corrected chi connectivity index (χ1v) is 11.5. The monoisotopic (exact) mass is 469 g/mol. The van der Waals surface area contributed by atoms with Gasteiger partial charge in [-0.15, -0.1) is 11.3 Å². The number of nitrogens with one attached hydrogen (secondary N) is 1. The van der Waals surface area contributed by atoms with Gasteiger partial charge in [0.25, 0.3) is 5.91 Å². The number of aromatic nitrogens is 1. The van der Waals surface area contributed by atoms with E-state index in [1.807, 2.05) is 18.7 Å². The van der Waals surface area contributed by atoms with Crippen LogP contribution in [0.25, 0.3) is 10.2 Å². The normalized spacial score (nSPS) is 20.6. The molecule has 2 aliphatic heterocycles. The first-order valence-electron chi connectivity index (χ1n) is 10.6. The Bertz CT molecular complexity index is 1030. The summed E-state index contributed by atoms with van der Waals surface area (Å²) in [6.07, 6.45) is -3.79. The van der Waals surface area contributed by atoms with Gasteiger partial charge in [-0.05, 0) is 26.3 Å². The van der Waals surface area contributed by atoms with Gasteiger partial charge in [-0.25, -0.2) is 4.98 Å². The van der Waals surface area contributed by atoms with Crippen molar-refractivity contribution in [1.82, 2.24) is 20.1 Å². The second-order valence-electron chi connectivity index (χ2n) is 8.38. The zero-order chi connectivity index (χ0) is 23.2. The van der Waals surface area contributed by atoms with Gasteiger partial charge >= 0.3 is 6.18 Å². The zero-order valence-corrected chi connectivity index (χ0v) is 19.0. The van der Waals surface area contributed by atoms with E-state index < -0.39 is 17.6 Å². The van der Waals surface area contributed by atoms with Crippen molar-refractivity contribution < 1.29 is 22.8 Å². The topological polar surface area (TPSA) is 68.8 Å². The Morgan fingerprint density at radius 1 is 1.22 bits per heavy atom. The van der Waals surface area contributed by atoms with Gasteiger partial charge in [0.15, 0.2) is 0 Å². The van der Waals surface area contributed by atoms with Crippen LogP contribution < -0.4 is 10.2 Å². The number of rotatable bonds is 4. The number of carbonyl (C=O) groups excluding carboxylic acids is 2. The number of pyridine rings is 1. The second kappa shape index (κ2) is 8.51. The molecule has 2 aromatic rings.